The standard InChI is InChI=1S/C13H15N5S/c1-7-8(2)18(5-10-4-15-9(3)19-10)13-11(7)12(14)16-6-17-13/h4,6H,5H2,1-3H3,(H2,14,16,17). The Morgan fingerprint density at radius 3 is 2.68 bits per heavy atom. The number of nitrogen functional groups attached to an aromatic ring is 1. The fourth-order valence-electron chi connectivity index (χ4n) is 2.32. The molecule has 3 aromatic heterocycles. The van der Waals surface area contributed by atoms with Crippen molar-refractivity contribution < 1.29 is 0 Å². The van der Waals surface area contributed by atoms with Crippen molar-refractivity contribution in [3.8, 4) is 0 Å². The first-order chi connectivity index (χ1) is 9.08. The first-order valence-corrected chi connectivity index (χ1v) is 6.86. The monoisotopic (exact) mass is 273 g/mol. The Balaban J connectivity index is 2.18. The third kappa shape index (κ3) is 1.88. The molecule has 0 aromatic carbocycles. The number of aryl methyl sites for hydroxylation is 2. The van der Waals surface area contributed by atoms with Crippen molar-refractivity contribution in [2.24, 2.45) is 0 Å². The Bertz CT molecular complexity index is 756. The van der Waals surface area contributed by atoms with E-state index in [9.17, 15) is 0 Å². The summed E-state index contributed by atoms with van der Waals surface area (Å²) in [6.07, 6.45) is 3.44. The van der Waals surface area contributed by atoms with Gasteiger partial charge in [-0.25, -0.2) is 15.0 Å². The lowest BCUT2D eigenvalue weighted by Crippen LogP contribution is -2.02. The predicted octanol–water partition coefficient (Wildman–Crippen LogP) is 2.44. The number of nitrogens with zero attached hydrogens (tertiary/aromatic N) is 4. The molecule has 6 heteroatoms. The van der Waals surface area contributed by atoms with Crippen molar-refractivity contribution in [2.45, 2.75) is 27.3 Å². The molecule has 3 rings (SSSR count). The zero-order valence-corrected chi connectivity index (χ0v) is 12.0. The molecule has 0 saturated heterocycles. The second kappa shape index (κ2) is 4.31. The van der Waals surface area contributed by atoms with Crippen LogP contribution in [0.3, 0.4) is 0 Å². The van der Waals surface area contributed by atoms with E-state index in [1.807, 2.05) is 13.1 Å². The molecule has 98 valence electrons. The number of aromatic nitrogens is 4. The van der Waals surface area contributed by atoms with Gasteiger partial charge in [-0.1, -0.05) is 0 Å². The highest BCUT2D eigenvalue weighted by Crippen LogP contribution is 2.28. The van der Waals surface area contributed by atoms with Crippen molar-refractivity contribution >= 4 is 28.2 Å². The largest absolute Gasteiger partial charge is 0.383 e. The lowest BCUT2D eigenvalue weighted by atomic mass is 10.2. The normalized spacial score (nSPS) is 11.3. The van der Waals surface area contributed by atoms with Crippen molar-refractivity contribution in [3.63, 3.8) is 0 Å². The number of anilines is 1. The zero-order valence-electron chi connectivity index (χ0n) is 11.1. The average Bonchev–Trinajstić information content (AvgIpc) is 2.88. The van der Waals surface area contributed by atoms with Gasteiger partial charge in [-0.3, -0.25) is 0 Å². The summed E-state index contributed by atoms with van der Waals surface area (Å²) in [6.45, 7) is 6.94. The maximum atomic E-state index is 5.96. The van der Waals surface area contributed by atoms with Crippen LogP contribution < -0.4 is 5.73 Å². The zero-order chi connectivity index (χ0) is 13.6. The summed E-state index contributed by atoms with van der Waals surface area (Å²) in [7, 11) is 0. The van der Waals surface area contributed by atoms with E-state index in [1.54, 1.807) is 11.3 Å². The molecular weight excluding hydrogens is 258 g/mol. The Hall–Kier alpha value is -1.95. The summed E-state index contributed by atoms with van der Waals surface area (Å²) >= 11 is 1.71. The number of hydrogen-bond acceptors (Lipinski definition) is 5. The highest BCUT2D eigenvalue weighted by atomic mass is 32.1. The van der Waals surface area contributed by atoms with Gasteiger partial charge in [0.15, 0.2) is 0 Å². The number of thiazole rings is 1. The van der Waals surface area contributed by atoms with E-state index in [0.717, 1.165) is 28.1 Å². The SMILES string of the molecule is Cc1ncc(Cn2c(C)c(C)c3c(N)ncnc32)s1. The Morgan fingerprint density at radius 1 is 1.21 bits per heavy atom. The second-order valence-electron chi connectivity index (χ2n) is 4.60. The van der Waals surface area contributed by atoms with E-state index in [2.05, 4.69) is 33.4 Å². The van der Waals surface area contributed by atoms with Crippen molar-refractivity contribution in [1.82, 2.24) is 19.5 Å². The van der Waals surface area contributed by atoms with Gasteiger partial charge in [0, 0.05) is 16.8 Å². The van der Waals surface area contributed by atoms with Crippen LogP contribution in [0, 0.1) is 20.8 Å². The van der Waals surface area contributed by atoms with Crippen molar-refractivity contribution in [1.29, 1.82) is 0 Å². The maximum absolute atomic E-state index is 5.96. The van der Waals surface area contributed by atoms with Crippen LogP contribution in [0.2, 0.25) is 0 Å². The molecular formula is C13H15N5S. The maximum Gasteiger partial charge on any atom is 0.146 e. The second-order valence-corrected chi connectivity index (χ2v) is 5.92. The van der Waals surface area contributed by atoms with Gasteiger partial charge in [-0.2, -0.15) is 0 Å². The van der Waals surface area contributed by atoms with Crippen LogP contribution in [0.25, 0.3) is 11.0 Å². The van der Waals surface area contributed by atoms with Gasteiger partial charge >= 0.3 is 0 Å². The summed E-state index contributed by atoms with van der Waals surface area (Å²) in [6, 6.07) is 0. The van der Waals surface area contributed by atoms with Gasteiger partial charge in [0.2, 0.25) is 0 Å². The summed E-state index contributed by atoms with van der Waals surface area (Å²) in [5.41, 5.74) is 9.18. The first kappa shape index (κ1) is 12.1. The molecule has 5 nitrogen and oxygen atoms in total. The molecule has 0 saturated carbocycles. The molecule has 0 atom stereocenters. The Labute approximate surface area is 115 Å². The van der Waals surface area contributed by atoms with Crippen LogP contribution in [0.5, 0.6) is 0 Å². The minimum absolute atomic E-state index is 0.546. The summed E-state index contributed by atoms with van der Waals surface area (Å²) in [5.74, 6) is 0.546. The van der Waals surface area contributed by atoms with Gasteiger partial charge in [-0.05, 0) is 26.3 Å². The number of hydrogen-bond donors (Lipinski definition) is 1. The molecule has 0 amide bonds. The molecule has 3 aromatic rings. The van der Waals surface area contributed by atoms with Gasteiger partial charge < -0.3 is 10.3 Å². The minimum Gasteiger partial charge on any atom is -0.383 e. The summed E-state index contributed by atoms with van der Waals surface area (Å²) in [4.78, 5) is 14.0. The summed E-state index contributed by atoms with van der Waals surface area (Å²) in [5, 5.41) is 2.04. The molecule has 2 N–H and O–H groups in total. The summed E-state index contributed by atoms with van der Waals surface area (Å²) < 4.78 is 2.18. The van der Waals surface area contributed by atoms with Gasteiger partial charge in [0.1, 0.15) is 17.8 Å². The molecule has 0 aliphatic heterocycles. The smallest absolute Gasteiger partial charge is 0.146 e. The molecule has 0 aliphatic carbocycles. The fraction of sp³-hybridized carbons (Fsp3) is 0.308. The van der Waals surface area contributed by atoms with Gasteiger partial charge in [0.25, 0.3) is 0 Å². The van der Waals surface area contributed by atoms with E-state index >= 15 is 0 Å². The number of nitrogens with two attached hydrogens (primary N) is 1. The van der Waals surface area contributed by atoms with Crippen LogP contribution in [-0.2, 0) is 6.54 Å². The molecule has 3 heterocycles. The molecule has 0 radical (unpaired) electrons. The van der Waals surface area contributed by atoms with Crippen molar-refractivity contribution in [3.05, 3.63) is 33.7 Å². The van der Waals surface area contributed by atoms with E-state index in [4.69, 9.17) is 5.73 Å². The molecule has 0 spiro atoms. The van der Waals surface area contributed by atoms with E-state index < -0.39 is 0 Å². The lowest BCUT2D eigenvalue weighted by molar-refractivity contribution is 0.799. The van der Waals surface area contributed by atoms with Crippen LogP contribution in [-0.4, -0.2) is 19.5 Å². The third-order valence-electron chi connectivity index (χ3n) is 3.42. The van der Waals surface area contributed by atoms with Crippen LogP contribution in [0.4, 0.5) is 5.82 Å². The molecule has 0 fully saturated rings. The Morgan fingerprint density at radius 2 is 2.00 bits per heavy atom. The lowest BCUT2D eigenvalue weighted by Gasteiger charge is -2.05. The fourth-order valence-corrected chi connectivity index (χ4v) is 3.11. The average molecular weight is 273 g/mol. The highest BCUT2D eigenvalue weighted by molar-refractivity contribution is 7.11. The van der Waals surface area contributed by atoms with E-state index in [0.29, 0.717) is 5.82 Å². The van der Waals surface area contributed by atoms with Gasteiger partial charge in [0.05, 0.1) is 16.9 Å². The molecule has 0 aliphatic rings. The molecule has 19 heavy (non-hydrogen) atoms. The van der Waals surface area contributed by atoms with Gasteiger partial charge in [-0.15, -0.1) is 11.3 Å². The number of fused-ring (bicyclic) bond motifs is 1. The van der Waals surface area contributed by atoms with Crippen LogP contribution >= 0.6 is 11.3 Å². The van der Waals surface area contributed by atoms with E-state index in [-0.39, 0.29) is 0 Å². The Kier molecular flexibility index (Phi) is 2.74. The van der Waals surface area contributed by atoms with Crippen LogP contribution in [0.15, 0.2) is 12.5 Å². The molecule has 0 bridgehead atoms. The highest BCUT2D eigenvalue weighted by Gasteiger charge is 2.15. The van der Waals surface area contributed by atoms with E-state index in [1.165, 1.54) is 16.9 Å². The van der Waals surface area contributed by atoms with Crippen LogP contribution in [0.1, 0.15) is 21.1 Å². The predicted molar refractivity (Wildman–Crippen MR) is 77.4 cm³/mol. The minimum atomic E-state index is 0.546. The quantitative estimate of drug-likeness (QED) is 0.778. The van der Waals surface area contributed by atoms with Crippen molar-refractivity contribution in [2.75, 3.05) is 5.73 Å². The number of rotatable bonds is 2. The molecule has 0 unspecified atom stereocenters. The topological polar surface area (TPSA) is 69.6 Å². The first-order valence-electron chi connectivity index (χ1n) is 6.05. The third-order valence-corrected chi connectivity index (χ3v) is 4.32.